The molecule has 0 aromatic heterocycles. The molecule has 5 heteroatoms. The Morgan fingerprint density at radius 2 is 1.90 bits per heavy atom. The number of rotatable bonds is 3. The van der Waals surface area contributed by atoms with E-state index in [1.165, 1.54) is 12.1 Å². The largest absolute Gasteiger partial charge is 0.481 e. The third-order valence-corrected chi connectivity index (χ3v) is 3.54. The normalized spacial score (nSPS) is 21.5. The summed E-state index contributed by atoms with van der Waals surface area (Å²) in [4.78, 5) is 23.4. The second kappa shape index (κ2) is 5.86. The van der Waals surface area contributed by atoms with E-state index in [2.05, 4.69) is 5.32 Å². The van der Waals surface area contributed by atoms with E-state index in [0.29, 0.717) is 18.5 Å². The predicted molar refractivity (Wildman–Crippen MR) is 72.8 cm³/mol. The molecule has 2 rings (SSSR count). The average molecular weight is 277 g/mol. The van der Waals surface area contributed by atoms with E-state index in [4.69, 9.17) is 5.11 Å². The summed E-state index contributed by atoms with van der Waals surface area (Å²) in [6.45, 7) is 1.75. The summed E-state index contributed by atoms with van der Waals surface area (Å²) in [7, 11) is 0. The van der Waals surface area contributed by atoms with Gasteiger partial charge in [-0.2, -0.15) is 0 Å². The lowest BCUT2D eigenvalue weighted by Crippen LogP contribution is -2.34. The molecule has 1 aromatic carbocycles. The number of carbonyl (C=O) groups excluding carboxylic acids is 1. The van der Waals surface area contributed by atoms with Crippen LogP contribution in [-0.2, 0) is 9.59 Å². The lowest BCUT2D eigenvalue weighted by Gasteiger charge is -2.24. The summed E-state index contributed by atoms with van der Waals surface area (Å²) in [5.41, 5.74) is 1.12. The van der Waals surface area contributed by atoms with Crippen molar-refractivity contribution in [3.63, 3.8) is 0 Å². The average Bonchev–Trinajstić information content (AvgIpc) is 2.42. The third kappa shape index (κ3) is 3.04. The van der Waals surface area contributed by atoms with Gasteiger partial charge in [-0.05, 0) is 37.5 Å². The fourth-order valence-electron chi connectivity index (χ4n) is 2.33. The number of carboxylic acid groups (broad SMARTS) is 1. The lowest BCUT2D eigenvalue weighted by molar-refractivity contribution is -0.146. The smallest absolute Gasteiger partial charge is 0.307 e. The first-order valence-corrected chi connectivity index (χ1v) is 6.44. The van der Waals surface area contributed by atoms with Crippen LogP contribution in [0.5, 0.6) is 0 Å². The first-order chi connectivity index (χ1) is 9.49. The molecule has 1 aliphatic rings. The van der Waals surface area contributed by atoms with E-state index in [9.17, 15) is 14.0 Å². The third-order valence-electron chi connectivity index (χ3n) is 3.54. The molecule has 0 unspecified atom stereocenters. The molecule has 0 heterocycles. The van der Waals surface area contributed by atoms with Gasteiger partial charge in [0.2, 0.25) is 5.91 Å². The molecule has 1 aliphatic carbocycles. The van der Waals surface area contributed by atoms with E-state index in [1.807, 2.05) is 6.08 Å². The number of allylic oxidation sites excluding steroid dienone is 2. The highest BCUT2D eigenvalue weighted by Gasteiger charge is 2.34. The van der Waals surface area contributed by atoms with Crippen molar-refractivity contribution in [3.8, 4) is 0 Å². The molecule has 4 nitrogen and oxygen atoms in total. The zero-order valence-electron chi connectivity index (χ0n) is 11.1. The Morgan fingerprint density at radius 3 is 2.55 bits per heavy atom. The highest BCUT2D eigenvalue weighted by molar-refractivity contribution is 5.96. The Balaban J connectivity index is 2.16. The standard InChI is InChI=1S/C15H16FNO3/c1-9-6-7-10(16)8-13(9)17-14(18)11-4-2-3-5-12(11)15(19)20/h2-3,6-8,11-12H,4-5H2,1H3,(H,17,18)(H,19,20)/t11-,12-/m0/s1. The first-order valence-electron chi connectivity index (χ1n) is 6.44. The Labute approximate surface area is 116 Å². The number of anilines is 1. The number of aryl methyl sites for hydroxylation is 1. The zero-order valence-corrected chi connectivity index (χ0v) is 11.1. The van der Waals surface area contributed by atoms with Gasteiger partial charge in [-0.25, -0.2) is 4.39 Å². The molecule has 106 valence electrons. The highest BCUT2D eigenvalue weighted by Crippen LogP contribution is 2.28. The minimum Gasteiger partial charge on any atom is -0.481 e. The van der Waals surface area contributed by atoms with Gasteiger partial charge in [0.15, 0.2) is 0 Å². The van der Waals surface area contributed by atoms with Gasteiger partial charge in [0.25, 0.3) is 0 Å². The number of hydrogen-bond acceptors (Lipinski definition) is 2. The van der Waals surface area contributed by atoms with Gasteiger partial charge in [0.05, 0.1) is 11.8 Å². The SMILES string of the molecule is Cc1ccc(F)cc1NC(=O)[C@H]1CC=CC[C@@H]1C(=O)O. The fourth-order valence-corrected chi connectivity index (χ4v) is 2.33. The summed E-state index contributed by atoms with van der Waals surface area (Å²) < 4.78 is 13.2. The van der Waals surface area contributed by atoms with Crippen LogP contribution in [0.15, 0.2) is 30.4 Å². The molecule has 0 bridgehead atoms. The van der Waals surface area contributed by atoms with Crippen molar-refractivity contribution in [2.45, 2.75) is 19.8 Å². The number of carboxylic acids is 1. The van der Waals surface area contributed by atoms with E-state index in [1.54, 1.807) is 19.1 Å². The first kappa shape index (κ1) is 14.2. The van der Waals surface area contributed by atoms with Crippen LogP contribution in [-0.4, -0.2) is 17.0 Å². The predicted octanol–water partition coefficient (Wildman–Crippen LogP) is 2.74. The van der Waals surface area contributed by atoms with Crippen molar-refractivity contribution in [3.05, 3.63) is 41.7 Å². The molecule has 1 amide bonds. The Hall–Kier alpha value is -2.17. The van der Waals surface area contributed by atoms with Crippen LogP contribution in [0.25, 0.3) is 0 Å². The quantitative estimate of drug-likeness (QED) is 0.835. The fraction of sp³-hybridized carbons (Fsp3) is 0.333. The van der Waals surface area contributed by atoms with E-state index in [-0.39, 0.29) is 5.91 Å². The number of nitrogens with one attached hydrogen (secondary N) is 1. The summed E-state index contributed by atoms with van der Waals surface area (Å²) in [5, 5.41) is 11.8. The number of halogens is 1. The topological polar surface area (TPSA) is 66.4 Å². The second-order valence-electron chi connectivity index (χ2n) is 4.94. The molecule has 0 fully saturated rings. The van der Waals surface area contributed by atoms with Crippen LogP contribution in [0.2, 0.25) is 0 Å². The molecular weight excluding hydrogens is 261 g/mol. The van der Waals surface area contributed by atoms with Crippen LogP contribution in [0.1, 0.15) is 18.4 Å². The Morgan fingerprint density at radius 1 is 1.25 bits per heavy atom. The molecule has 1 aromatic rings. The van der Waals surface area contributed by atoms with Crippen molar-refractivity contribution in [2.24, 2.45) is 11.8 Å². The number of aliphatic carboxylic acids is 1. The molecule has 2 atom stereocenters. The number of carbonyl (C=O) groups is 2. The number of hydrogen-bond donors (Lipinski definition) is 2. The van der Waals surface area contributed by atoms with E-state index < -0.39 is 23.6 Å². The van der Waals surface area contributed by atoms with Crippen molar-refractivity contribution in [1.29, 1.82) is 0 Å². The highest BCUT2D eigenvalue weighted by atomic mass is 19.1. The second-order valence-corrected chi connectivity index (χ2v) is 4.94. The molecule has 0 radical (unpaired) electrons. The molecule has 20 heavy (non-hydrogen) atoms. The number of benzene rings is 1. The minimum atomic E-state index is -0.981. The van der Waals surface area contributed by atoms with Crippen LogP contribution >= 0.6 is 0 Å². The van der Waals surface area contributed by atoms with Crippen LogP contribution in [0.4, 0.5) is 10.1 Å². The minimum absolute atomic E-state index is 0.343. The van der Waals surface area contributed by atoms with Gasteiger partial charge < -0.3 is 10.4 Å². The lowest BCUT2D eigenvalue weighted by atomic mass is 9.82. The molecular formula is C15H16FNO3. The van der Waals surface area contributed by atoms with Crippen LogP contribution in [0.3, 0.4) is 0 Å². The molecule has 2 N–H and O–H groups in total. The molecule has 0 saturated heterocycles. The van der Waals surface area contributed by atoms with Gasteiger partial charge in [0.1, 0.15) is 5.82 Å². The van der Waals surface area contributed by atoms with Crippen molar-refractivity contribution in [2.75, 3.05) is 5.32 Å². The summed E-state index contributed by atoms with van der Waals surface area (Å²) >= 11 is 0. The summed E-state index contributed by atoms with van der Waals surface area (Å²) in [6, 6.07) is 4.12. The molecule has 0 spiro atoms. The summed E-state index contributed by atoms with van der Waals surface area (Å²) in [5.74, 6) is -3.15. The summed E-state index contributed by atoms with van der Waals surface area (Å²) in [6.07, 6.45) is 4.31. The maximum atomic E-state index is 13.2. The molecule has 0 aliphatic heterocycles. The monoisotopic (exact) mass is 277 g/mol. The van der Waals surface area contributed by atoms with Crippen LogP contribution < -0.4 is 5.32 Å². The van der Waals surface area contributed by atoms with Crippen molar-refractivity contribution >= 4 is 17.6 Å². The van der Waals surface area contributed by atoms with Gasteiger partial charge in [0, 0.05) is 5.69 Å². The van der Waals surface area contributed by atoms with Crippen molar-refractivity contribution in [1.82, 2.24) is 0 Å². The van der Waals surface area contributed by atoms with E-state index in [0.717, 1.165) is 5.56 Å². The van der Waals surface area contributed by atoms with E-state index >= 15 is 0 Å². The maximum absolute atomic E-state index is 13.2. The van der Waals surface area contributed by atoms with Gasteiger partial charge in [-0.3, -0.25) is 9.59 Å². The maximum Gasteiger partial charge on any atom is 0.307 e. The van der Waals surface area contributed by atoms with Crippen molar-refractivity contribution < 1.29 is 19.1 Å². The van der Waals surface area contributed by atoms with Gasteiger partial charge in [-0.1, -0.05) is 18.2 Å². The molecule has 0 saturated carbocycles. The number of amides is 1. The Bertz CT molecular complexity index is 568. The Kier molecular flexibility index (Phi) is 4.17. The van der Waals surface area contributed by atoms with Crippen LogP contribution in [0, 0.1) is 24.6 Å². The van der Waals surface area contributed by atoms with Gasteiger partial charge in [-0.15, -0.1) is 0 Å². The zero-order chi connectivity index (χ0) is 14.7. The van der Waals surface area contributed by atoms with Gasteiger partial charge >= 0.3 is 5.97 Å².